The molecule has 4 heteroatoms. The molecule has 0 radical (unpaired) electrons. The van der Waals surface area contributed by atoms with Gasteiger partial charge in [-0.05, 0) is 35.8 Å². The third-order valence-corrected chi connectivity index (χ3v) is 2.64. The summed E-state index contributed by atoms with van der Waals surface area (Å²) >= 11 is 0. The molecule has 1 amide bonds. The van der Waals surface area contributed by atoms with E-state index in [0.29, 0.717) is 6.42 Å². The molecular weight excluding hydrogens is 218 g/mol. The maximum Gasteiger partial charge on any atom is 0.330 e. The predicted octanol–water partition coefficient (Wildman–Crippen LogP) is 1.76. The largest absolute Gasteiger partial charge is 0.466 e. The molecule has 0 aliphatic carbocycles. The maximum absolute atomic E-state index is 11.2. The highest BCUT2D eigenvalue weighted by Gasteiger charge is 2.13. The first kappa shape index (κ1) is 11.4. The normalized spacial score (nSPS) is 14.3. The van der Waals surface area contributed by atoms with Crippen molar-refractivity contribution >= 4 is 23.6 Å². The number of anilines is 1. The number of ether oxygens (including phenoxy) is 1. The number of amides is 1. The van der Waals surface area contributed by atoms with E-state index in [1.165, 1.54) is 13.2 Å². The molecule has 4 nitrogen and oxygen atoms in total. The lowest BCUT2D eigenvalue weighted by atomic mass is 10.0. The van der Waals surface area contributed by atoms with Crippen molar-refractivity contribution in [3.63, 3.8) is 0 Å². The Balaban J connectivity index is 2.19. The van der Waals surface area contributed by atoms with Crippen LogP contribution in [-0.4, -0.2) is 19.0 Å². The fourth-order valence-corrected chi connectivity index (χ4v) is 1.74. The van der Waals surface area contributed by atoms with Gasteiger partial charge < -0.3 is 10.1 Å². The number of carbonyl (C=O) groups excluding carboxylic acids is 2. The van der Waals surface area contributed by atoms with Crippen LogP contribution in [0.3, 0.4) is 0 Å². The molecule has 1 aliphatic rings. The van der Waals surface area contributed by atoms with E-state index < -0.39 is 0 Å². The first-order valence-electron chi connectivity index (χ1n) is 5.38. The van der Waals surface area contributed by atoms with E-state index in [0.717, 1.165) is 23.2 Å². The fourth-order valence-electron chi connectivity index (χ4n) is 1.74. The predicted molar refractivity (Wildman–Crippen MR) is 64.4 cm³/mol. The summed E-state index contributed by atoms with van der Waals surface area (Å²) < 4.78 is 4.52. The fraction of sp³-hybridized carbons (Fsp3) is 0.231. The van der Waals surface area contributed by atoms with Crippen molar-refractivity contribution in [1.82, 2.24) is 0 Å². The van der Waals surface area contributed by atoms with Crippen molar-refractivity contribution in [1.29, 1.82) is 0 Å². The van der Waals surface area contributed by atoms with Gasteiger partial charge in [-0.3, -0.25) is 4.79 Å². The van der Waals surface area contributed by atoms with Gasteiger partial charge in [-0.25, -0.2) is 4.79 Å². The summed E-state index contributed by atoms with van der Waals surface area (Å²) in [7, 11) is 1.34. The van der Waals surface area contributed by atoms with Crippen molar-refractivity contribution in [2.24, 2.45) is 0 Å². The molecule has 0 bridgehead atoms. The summed E-state index contributed by atoms with van der Waals surface area (Å²) in [5, 5.41) is 2.81. The first-order valence-corrected chi connectivity index (χ1v) is 5.38. The molecule has 0 fully saturated rings. The average Bonchev–Trinajstić information content (AvgIpc) is 2.35. The van der Waals surface area contributed by atoms with Crippen LogP contribution in [0.2, 0.25) is 0 Å². The van der Waals surface area contributed by atoms with Gasteiger partial charge in [0.2, 0.25) is 5.91 Å². The average molecular weight is 231 g/mol. The van der Waals surface area contributed by atoms with Gasteiger partial charge in [-0.15, -0.1) is 0 Å². The van der Waals surface area contributed by atoms with E-state index >= 15 is 0 Å². The van der Waals surface area contributed by atoms with E-state index in [1.807, 2.05) is 18.2 Å². The smallest absolute Gasteiger partial charge is 0.330 e. The Morgan fingerprint density at radius 2 is 2.24 bits per heavy atom. The zero-order valence-corrected chi connectivity index (χ0v) is 9.53. The van der Waals surface area contributed by atoms with Crippen LogP contribution < -0.4 is 5.32 Å². The van der Waals surface area contributed by atoms with Crippen LogP contribution in [0.25, 0.3) is 6.08 Å². The topological polar surface area (TPSA) is 55.4 Å². The van der Waals surface area contributed by atoms with Crippen LogP contribution in [0.1, 0.15) is 17.5 Å². The molecule has 0 spiro atoms. The Bertz CT molecular complexity index is 491. The molecule has 0 saturated heterocycles. The molecule has 88 valence electrons. The molecule has 0 saturated carbocycles. The minimum atomic E-state index is -0.379. The number of aryl methyl sites for hydroxylation is 1. The maximum atomic E-state index is 11.2. The van der Waals surface area contributed by atoms with Gasteiger partial charge in [0.15, 0.2) is 0 Å². The molecule has 1 N–H and O–H groups in total. The van der Waals surface area contributed by atoms with Crippen LogP contribution in [0.15, 0.2) is 24.3 Å². The van der Waals surface area contributed by atoms with Crippen molar-refractivity contribution in [3.05, 3.63) is 35.4 Å². The van der Waals surface area contributed by atoms with Crippen LogP contribution in [0, 0.1) is 0 Å². The minimum absolute atomic E-state index is 0.0513. The molecule has 2 rings (SSSR count). The Morgan fingerprint density at radius 1 is 1.41 bits per heavy atom. The standard InChI is InChI=1S/C13H13NO3/c1-17-13(16)7-3-9-2-5-11-10(8-9)4-6-12(15)14-11/h2-3,5,7-8H,4,6H2,1H3,(H,14,15). The first-order chi connectivity index (χ1) is 8.19. The second kappa shape index (κ2) is 4.82. The highest BCUT2D eigenvalue weighted by atomic mass is 16.5. The summed E-state index contributed by atoms with van der Waals surface area (Å²) in [5.41, 5.74) is 2.87. The van der Waals surface area contributed by atoms with Crippen LogP contribution >= 0.6 is 0 Å². The summed E-state index contributed by atoms with van der Waals surface area (Å²) in [6, 6.07) is 5.67. The van der Waals surface area contributed by atoms with Gasteiger partial charge in [0.05, 0.1) is 7.11 Å². The second-order valence-corrected chi connectivity index (χ2v) is 3.82. The number of rotatable bonds is 2. The summed E-state index contributed by atoms with van der Waals surface area (Å²) in [4.78, 5) is 22.1. The number of esters is 1. The van der Waals surface area contributed by atoms with Gasteiger partial charge in [0.25, 0.3) is 0 Å². The van der Waals surface area contributed by atoms with Crippen LogP contribution in [-0.2, 0) is 20.7 Å². The molecule has 1 heterocycles. The molecular formula is C13H13NO3. The lowest BCUT2D eigenvalue weighted by Crippen LogP contribution is -2.18. The molecule has 1 aromatic carbocycles. The number of methoxy groups -OCH3 is 1. The highest BCUT2D eigenvalue weighted by Crippen LogP contribution is 2.23. The highest BCUT2D eigenvalue weighted by molar-refractivity contribution is 5.94. The van der Waals surface area contributed by atoms with Crippen LogP contribution in [0.4, 0.5) is 5.69 Å². The number of hydrogen-bond donors (Lipinski definition) is 1. The Morgan fingerprint density at radius 3 is 3.00 bits per heavy atom. The quantitative estimate of drug-likeness (QED) is 0.623. The van der Waals surface area contributed by atoms with Crippen molar-refractivity contribution < 1.29 is 14.3 Å². The van der Waals surface area contributed by atoms with Gasteiger partial charge in [-0.2, -0.15) is 0 Å². The number of benzene rings is 1. The number of hydrogen-bond acceptors (Lipinski definition) is 3. The number of nitrogens with one attached hydrogen (secondary N) is 1. The van der Waals surface area contributed by atoms with E-state index in [9.17, 15) is 9.59 Å². The molecule has 17 heavy (non-hydrogen) atoms. The zero-order valence-electron chi connectivity index (χ0n) is 9.53. The van der Waals surface area contributed by atoms with Gasteiger partial charge in [0.1, 0.15) is 0 Å². The van der Waals surface area contributed by atoms with Crippen molar-refractivity contribution in [2.75, 3.05) is 12.4 Å². The van der Waals surface area contributed by atoms with Crippen LogP contribution in [0.5, 0.6) is 0 Å². The minimum Gasteiger partial charge on any atom is -0.466 e. The molecule has 0 unspecified atom stereocenters. The Kier molecular flexibility index (Phi) is 3.23. The zero-order chi connectivity index (χ0) is 12.3. The Hall–Kier alpha value is -2.10. The molecule has 1 aromatic rings. The van der Waals surface area contributed by atoms with E-state index in [-0.39, 0.29) is 11.9 Å². The summed E-state index contributed by atoms with van der Waals surface area (Å²) in [6.07, 6.45) is 4.32. The summed E-state index contributed by atoms with van der Waals surface area (Å²) in [5.74, 6) is -0.327. The van der Waals surface area contributed by atoms with Crippen molar-refractivity contribution in [3.8, 4) is 0 Å². The van der Waals surface area contributed by atoms with E-state index in [1.54, 1.807) is 6.08 Å². The third-order valence-electron chi connectivity index (χ3n) is 2.64. The Labute approximate surface area is 99.3 Å². The van der Waals surface area contributed by atoms with Gasteiger partial charge in [-0.1, -0.05) is 6.07 Å². The lowest BCUT2D eigenvalue weighted by Gasteiger charge is -2.16. The SMILES string of the molecule is COC(=O)C=Cc1ccc2c(c1)CCC(=O)N2. The number of carbonyl (C=O) groups is 2. The van der Waals surface area contributed by atoms with E-state index in [4.69, 9.17) is 0 Å². The number of fused-ring (bicyclic) bond motifs is 1. The van der Waals surface area contributed by atoms with E-state index in [2.05, 4.69) is 10.1 Å². The van der Waals surface area contributed by atoms with Gasteiger partial charge >= 0.3 is 5.97 Å². The molecule has 0 aromatic heterocycles. The lowest BCUT2D eigenvalue weighted by molar-refractivity contribution is -0.134. The molecule has 1 aliphatic heterocycles. The monoisotopic (exact) mass is 231 g/mol. The van der Waals surface area contributed by atoms with Gasteiger partial charge in [0, 0.05) is 18.2 Å². The molecule has 0 atom stereocenters. The summed E-state index contributed by atoms with van der Waals surface area (Å²) in [6.45, 7) is 0. The van der Waals surface area contributed by atoms with Crippen molar-refractivity contribution in [2.45, 2.75) is 12.8 Å². The third kappa shape index (κ3) is 2.72. The second-order valence-electron chi connectivity index (χ2n) is 3.82.